The fourth-order valence-electron chi connectivity index (χ4n) is 1.45. The zero-order valence-corrected chi connectivity index (χ0v) is 10.6. The van der Waals surface area contributed by atoms with Crippen LogP contribution >= 0.6 is 0 Å². The summed E-state index contributed by atoms with van der Waals surface area (Å²) in [6.45, 7) is 3.86. The fourth-order valence-corrected chi connectivity index (χ4v) is 1.45. The minimum Gasteiger partial charge on any atom is -0.462 e. The third-order valence-electron chi connectivity index (χ3n) is 2.78. The Morgan fingerprint density at radius 3 is 2.59 bits per heavy atom. The average molecular weight is 235 g/mol. The zero-order valence-electron chi connectivity index (χ0n) is 10.6. The van der Waals surface area contributed by atoms with Gasteiger partial charge in [0.05, 0.1) is 6.10 Å². The van der Waals surface area contributed by atoms with Crippen molar-refractivity contribution in [3.63, 3.8) is 0 Å². The largest absolute Gasteiger partial charge is 0.462 e. The number of carbonyl (C=O) groups excluding carboxylic acids is 1. The highest BCUT2D eigenvalue weighted by Crippen LogP contribution is 2.06. The molecule has 1 aromatic carbocycles. The van der Waals surface area contributed by atoms with Gasteiger partial charge >= 0.3 is 5.97 Å². The van der Waals surface area contributed by atoms with Gasteiger partial charge in [-0.15, -0.1) is 0 Å². The molecule has 1 aromatic rings. The number of ether oxygens (including phenoxy) is 1. The number of esters is 1. The maximum Gasteiger partial charge on any atom is 0.323 e. The molecule has 3 nitrogen and oxygen atoms in total. The van der Waals surface area contributed by atoms with Crippen LogP contribution in [0.15, 0.2) is 30.3 Å². The first-order valence-corrected chi connectivity index (χ1v) is 6.13. The summed E-state index contributed by atoms with van der Waals surface area (Å²) >= 11 is 0. The minimum atomic E-state index is -0.524. The Bertz CT molecular complexity index is 337. The second-order valence-electron chi connectivity index (χ2n) is 4.29. The second-order valence-corrected chi connectivity index (χ2v) is 4.29. The van der Waals surface area contributed by atoms with Gasteiger partial charge in [0.2, 0.25) is 0 Å². The third-order valence-corrected chi connectivity index (χ3v) is 2.78. The van der Waals surface area contributed by atoms with Crippen LogP contribution < -0.4 is 5.73 Å². The quantitative estimate of drug-likeness (QED) is 0.770. The molecule has 3 heteroatoms. The standard InChI is InChI=1S/C14H21NO2/c1-3-11(2)17-14(16)13(15)10-9-12-7-5-4-6-8-12/h4-8,11,13H,3,9-10,15H2,1-2H3/t11?,13-/m0/s1. The molecule has 0 heterocycles. The lowest BCUT2D eigenvalue weighted by molar-refractivity contribution is -0.150. The molecular formula is C14H21NO2. The summed E-state index contributed by atoms with van der Waals surface area (Å²) in [7, 11) is 0. The van der Waals surface area contributed by atoms with Crippen LogP contribution in [0.4, 0.5) is 0 Å². The molecular weight excluding hydrogens is 214 g/mol. The van der Waals surface area contributed by atoms with Gasteiger partial charge in [-0.3, -0.25) is 4.79 Å². The van der Waals surface area contributed by atoms with Crippen molar-refractivity contribution in [1.82, 2.24) is 0 Å². The maximum absolute atomic E-state index is 11.6. The van der Waals surface area contributed by atoms with Crippen LogP contribution in [0.3, 0.4) is 0 Å². The Hall–Kier alpha value is -1.35. The minimum absolute atomic E-state index is 0.0507. The summed E-state index contributed by atoms with van der Waals surface area (Å²) in [5, 5.41) is 0. The van der Waals surface area contributed by atoms with Crippen molar-refractivity contribution in [3.05, 3.63) is 35.9 Å². The summed E-state index contributed by atoms with van der Waals surface area (Å²) in [6, 6.07) is 9.49. The molecule has 0 spiro atoms. The molecule has 0 saturated carbocycles. The first-order valence-electron chi connectivity index (χ1n) is 6.13. The highest BCUT2D eigenvalue weighted by Gasteiger charge is 2.16. The molecule has 0 fully saturated rings. The highest BCUT2D eigenvalue weighted by molar-refractivity contribution is 5.75. The zero-order chi connectivity index (χ0) is 12.7. The van der Waals surface area contributed by atoms with E-state index in [0.717, 1.165) is 12.8 Å². The van der Waals surface area contributed by atoms with Crippen molar-refractivity contribution in [2.75, 3.05) is 0 Å². The SMILES string of the molecule is CCC(C)OC(=O)[C@@H](N)CCc1ccccc1. The topological polar surface area (TPSA) is 52.3 Å². The van der Waals surface area contributed by atoms with E-state index in [4.69, 9.17) is 10.5 Å². The molecule has 2 N–H and O–H groups in total. The fraction of sp³-hybridized carbons (Fsp3) is 0.500. The monoisotopic (exact) mass is 235 g/mol. The Morgan fingerprint density at radius 2 is 2.00 bits per heavy atom. The van der Waals surface area contributed by atoms with Crippen molar-refractivity contribution in [2.45, 2.75) is 45.3 Å². The van der Waals surface area contributed by atoms with Gasteiger partial charge in [0.25, 0.3) is 0 Å². The Balaban J connectivity index is 2.34. The van der Waals surface area contributed by atoms with Crippen LogP contribution in [0, 0.1) is 0 Å². The summed E-state index contributed by atoms with van der Waals surface area (Å²) < 4.78 is 5.19. The van der Waals surface area contributed by atoms with Gasteiger partial charge in [-0.1, -0.05) is 37.3 Å². The number of hydrogen-bond acceptors (Lipinski definition) is 3. The van der Waals surface area contributed by atoms with E-state index in [1.807, 2.05) is 44.2 Å². The molecule has 1 rings (SSSR count). The summed E-state index contributed by atoms with van der Waals surface area (Å²) in [4.78, 5) is 11.6. The van der Waals surface area contributed by atoms with Gasteiger partial charge in [0, 0.05) is 0 Å². The van der Waals surface area contributed by atoms with Crippen LogP contribution in [0.2, 0.25) is 0 Å². The third kappa shape index (κ3) is 5.00. The molecule has 0 aromatic heterocycles. The molecule has 0 aliphatic heterocycles. The molecule has 0 saturated heterocycles. The highest BCUT2D eigenvalue weighted by atomic mass is 16.5. The molecule has 1 unspecified atom stereocenters. The van der Waals surface area contributed by atoms with E-state index in [-0.39, 0.29) is 12.1 Å². The van der Waals surface area contributed by atoms with Crippen LogP contribution in [0.1, 0.15) is 32.3 Å². The van der Waals surface area contributed by atoms with E-state index < -0.39 is 6.04 Å². The molecule has 0 amide bonds. The van der Waals surface area contributed by atoms with Crippen LogP contribution in [-0.4, -0.2) is 18.1 Å². The Morgan fingerprint density at radius 1 is 1.35 bits per heavy atom. The average Bonchev–Trinajstić information content (AvgIpc) is 2.36. The Labute approximate surface area is 103 Å². The molecule has 0 radical (unpaired) electrons. The Kier molecular flexibility index (Phi) is 5.70. The first kappa shape index (κ1) is 13.7. The van der Waals surface area contributed by atoms with Crippen LogP contribution in [0.5, 0.6) is 0 Å². The van der Waals surface area contributed by atoms with E-state index in [9.17, 15) is 4.79 Å². The summed E-state index contributed by atoms with van der Waals surface area (Å²) in [5.41, 5.74) is 6.99. The van der Waals surface area contributed by atoms with Crippen molar-refractivity contribution < 1.29 is 9.53 Å². The smallest absolute Gasteiger partial charge is 0.323 e. The van der Waals surface area contributed by atoms with E-state index in [2.05, 4.69) is 0 Å². The van der Waals surface area contributed by atoms with Crippen molar-refractivity contribution in [1.29, 1.82) is 0 Å². The number of benzene rings is 1. The summed E-state index contributed by atoms with van der Waals surface area (Å²) in [6.07, 6.45) is 2.19. The van der Waals surface area contributed by atoms with Gasteiger partial charge in [0.15, 0.2) is 0 Å². The molecule has 0 aliphatic rings. The van der Waals surface area contributed by atoms with Crippen molar-refractivity contribution in [3.8, 4) is 0 Å². The predicted molar refractivity (Wildman–Crippen MR) is 68.6 cm³/mol. The normalized spacial score (nSPS) is 14.1. The van der Waals surface area contributed by atoms with Gasteiger partial charge in [-0.2, -0.15) is 0 Å². The lowest BCUT2D eigenvalue weighted by atomic mass is 10.1. The van der Waals surface area contributed by atoms with E-state index in [0.29, 0.717) is 6.42 Å². The molecule has 17 heavy (non-hydrogen) atoms. The molecule has 94 valence electrons. The van der Waals surface area contributed by atoms with E-state index >= 15 is 0 Å². The number of carbonyl (C=O) groups is 1. The van der Waals surface area contributed by atoms with Crippen LogP contribution in [-0.2, 0) is 16.0 Å². The predicted octanol–water partition coefficient (Wildman–Crippen LogP) is 2.29. The van der Waals surface area contributed by atoms with Crippen molar-refractivity contribution >= 4 is 5.97 Å². The molecule has 2 atom stereocenters. The van der Waals surface area contributed by atoms with E-state index in [1.54, 1.807) is 0 Å². The number of aryl methyl sites for hydroxylation is 1. The van der Waals surface area contributed by atoms with Gasteiger partial charge < -0.3 is 10.5 Å². The first-order chi connectivity index (χ1) is 8.13. The number of hydrogen-bond donors (Lipinski definition) is 1. The molecule has 0 bridgehead atoms. The van der Waals surface area contributed by atoms with E-state index in [1.165, 1.54) is 5.56 Å². The summed E-state index contributed by atoms with van der Waals surface area (Å²) in [5.74, 6) is -0.296. The van der Waals surface area contributed by atoms with Crippen LogP contribution in [0.25, 0.3) is 0 Å². The number of nitrogens with two attached hydrogens (primary N) is 1. The maximum atomic E-state index is 11.6. The van der Waals surface area contributed by atoms with Gasteiger partial charge in [-0.05, 0) is 31.7 Å². The van der Waals surface area contributed by atoms with Gasteiger partial charge in [0.1, 0.15) is 6.04 Å². The van der Waals surface area contributed by atoms with Gasteiger partial charge in [-0.25, -0.2) is 0 Å². The lowest BCUT2D eigenvalue weighted by Gasteiger charge is -2.15. The molecule has 0 aliphatic carbocycles. The second kappa shape index (κ2) is 7.07. The van der Waals surface area contributed by atoms with Crippen molar-refractivity contribution in [2.24, 2.45) is 5.73 Å². The number of rotatable bonds is 6. The lowest BCUT2D eigenvalue weighted by Crippen LogP contribution is -2.34.